The highest BCUT2D eigenvalue weighted by molar-refractivity contribution is 5.75. The van der Waals surface area contributed by atoms with Gasteiger partial charge in [-0.3, -0.25) is 4.79 Å². The van der Waals surface area contributed by atoms with Gasteiger partial charge in [-0.15, -0.1) is 0 Å². The smallest absolute Gasteiger partial charge is 0.480 e. The SMILES string of the molecule is CC(C)COC(=O)Oc1ccc(C(C(C)COC(=O)OC(C)C)[C@H](N)C(=O)O)cc1OC(=O)OCC(C)C. The molecule has 0 aliphatic rings. The fourth-order valence-electron chi connectivity index (χ4n) is 3.18. The van der Waals surface area contributed by atoms with Gasteiger partial charge in [0.15, 0.2) is 11.5 Å². The molecular weight excluding hydrogens is 502 g/mol. The summed E-state index contributed by atoms with van der Waals surface area (Å²) in [7, 11) is 0. The van der Waals surface area contributed by atoms with Crippen molar-refractivity contribution in [3.63, 3.8) is 0 Å². The van der Waals surface area contributed by atoms with E-state index >= 15 is 0 Å². The normalized spacial score (nSPS) is 13.4. The van der Waals surface area contributed by atoms with E-state index in [0.29, 0.717) is 5.56 Å². The van der Waals surface area contributed by atoms with E-state index in [0.717, 1.165) is 0 Å². The Labute approximate surface area is 222 Å². The predicted octanol–water partition coefficient (Wildman–Crippen LogP) is 4.72. The lowest BCUT2D eigenvalue weighted by atomic mass is 9.82. The average Bonchev–Trinajstić information content (AvgIpc) is 2.81. The average molecular weight is 542 g/mol. The summed E-state index contributed by atoms with van der Waals surface area (Å²) in [6.07, 6.45) is -3.38. The Balaban J connectivity index is 3.31. The van der Waals surface area contributed by atoms with Gasteiger partial charge in [0.1, 0.15) is 6.04 Å². The highest BCUT2D eigenvalue weighted by atomic mass is 16.7. The Morgan fingerprint density at radius 2 is 1.26 bits per heavy atom. The molecule has 1 aromatic rings. The minimum atomic E-state index is -1.42. The van der Waals surface area contributed by atoms with Crippen molar-refractivity contribution in [2.24, 2.45) is 23.5 Å². The molecule has 0 heterocycles. The zero-order valence-electron chi connectivity index (χ0n) is 22.9. The summed E-state index contributed by atoms with van der Waals surface area (Å²) in [6, 6.07) is 2.68. The fraction of sp³-hybridized carbons (Fsp3) is 0.615. The number of hydrogen-bond acceptors (Lipinski definition) is 11. The molecule has 0 aliphatic carbocycles. The molecule has 0 fully saturated rings. The first-order chi connectivity index (χ1) is 17.7. The summed E-state index contributed by atoms with van der Waals surface area (Å²) in [5.74, 6) is -3.09. The van der Waals surface area contributed by atoms with Gasteiger partial charge in [-0.1, -0.05) is 40.7 Å². The highest BCUT2D eigenvalue weighted by Crippen LogP contribution is 2.36. The van der Waals surface area contributed by atoms with E-state index in [4.69, 9.17) is 34.2 Å². The van der Waals surface area contributed by atoms with Crippen molar-refractivity contribution in [3.8, 4) is 11.5 Å². The van der Waals surface area contributed by atoms with Gasteiger partial charge in [0, 0.05) is 5.92 Å². The number of nitrogens with two attached hydrogens (primary N) is 1. The number of ether oxygens (including phenoxy) is 6. The fourth-order valence-corrected chi connectivity index (χ4v) is 3.18. The first-order valence-electron chi connectivity index (χ1n) is 12.4. The van der Waals surface area contributed by atoms with Gasteiger partial charge in [0.25, 0.3) is 0 Å². The molecule has 38 heavy (non-hydrogen) atoms. The first kappa shape index (κ1) is 32.5. The van der Waals surface area contributed by atoms with Crippen LogP contribution in [-0.2, 0) is 23.7 Å². The molecule has 0 bridgehead atoms. The second kappa shape index (κ2) is 15.7. The summed E-state index contributed by atoms with van der Waals surface area (Å²) in [5.41, 5.74) is 6.31. The third kappa shape index (κ3) is 11.7. The van der Waals surface area contributed by atoms with Crippen LogP contribution in [0, 0.1) is 17.8 Å². The maximum Gasteiger partial charge on any atom is 0.513 e. The van der Waals surface area contributed by atoms with Crippen molar-refractivity contribution in [1.82, 2.24) is 0 Å². The molecule has 0 aromatic heterocycles. The van der Waals surface area contributed by atoms with Crippen LogP contribution in [0.5, 0.6) is 11.5 Å². The lowest BCUT2D eigenvalue weighted by molar-refractivity contribution is -0.139. The number of carboxylic acid groups (broad SMARTS) is 1. The first-order valence-corrected chi connectivity index (χ1v) is 12.4. The lowest BCUT2D eigenvalue weighted by Crippen LogP contribution is -2.40. The minimum Gasteiger partial charge on any atom is -0.480 e. The van der Waals surface area contributed by atoms with Gasteiger partial charge in [0.2, 0.25) is 0 Å². The Hall–Kier alpha value is -3.54. The standard InChI is InChI=1S/C26H39NO11/c1-14(2)11-33-25(31)37-19-9-8-18(10-20(19)38-26(32)34-12-15(3)4)21(22(27)23(28)29)17(7)13-35-24(30)36-16(5)6/h8-10,14-17,21-22H,11-13,27H2,1-7H3,(H,28,29)/t17?,21?,22-/m0/s1. The second-order valence-corrected chi connectivity index (χ2v) is 9.91. The molecule has 2 unspecified atom stereocenters. The van der Waals surface area contributed by atoms with Crippen LogP contribution in [0.4, 0.5) is 14.4 Å². The third-order valence-electron chi connectivity index (χ3n) is 4.89. The van der Waals surface area contributed by atoms with E-state index in [-0.39, 0.29) is 43.2 Å². The summed E-state index contributed by atoms with van der Waals surface area (Å²) in [4.78, 5) is 48.1. The Kier molecular flexibility index (Phi) is 13.4. The molecule has 0 amide bonds. The monoisotopic (exact) mass is 541 g/mol. The van der Waals surface area contributed by atoms with Crippen LogP contribution in [0.15, 0.2) is 18.2 Å². The molecule has 3 atom stereocenters. The molecule has 214 valence electrons. The largest absolute Gasteiger partial charge is 0.513 e. The third-order valence-corrected chi connectivity index (χ3v) is 4.89. The second-order valence-electron chi connectivity index (χ2n) is 9.91. The van der Waals surface area contributed by atoms with E-state index in [1.807, 2.05) is 27.7 Å². The number of carboxylic acids is 1. The number of benzene rings is 1. The van der Waals surface area contributed by atoms with E-state index in [1.54, 1.807) is 20.8 Å². The van der Waals surface area contributed by atoms with Crippen molar-refractivity contribution in [2.45, 2.75) is 66.5 Å². The van der Waals surface area contributed by atoms with Gasteiger partial charge in [-0.05, 0) is 49.3 Å². The summed E-state index contributed by atoms with van der Waals surface area (Å²) < 4.78 is 30.6. The van der Waals surface area contributed by atoms with Crippen molar-refractivity contribution in [1.29, 1.82) is 0 Å². The number of carbonyl (C=O) groups is 4. The molecule has 0 aliphatic heterocycles. The molecular formula is C26H39NO11. The van der Waals surface area contributed by atoms with Crippen LogP contribution in [0.3, 0.4) is 0 Å². The van der Waals surface area contributed by atoms with Gasteiger partial charge < -0.3 is 39.3 Å². The van der Waals surface area contributed by atoms with E-state index < -0.39 is 48.4 Å². The van der Waals surface area contributed by atoms with Crippen LogP contribution < -0.4 is 15.2 Å². The molecule has 0 saturated heterocycles. The van der Waals surface area contributed by atoms with Crippen molar-refractivity contribution >= 4 is 24.4 Å². The van der Waals surface area contributed by atoms with E-state index in [1.165, 1.54) is 18.2 Å². The van der Waals surface area contributed by atoms with Gasteiger partial charge in [-0.25, -0.2) is 14.4 Å². The molecule has 3 N–H and O–H groups in total. The highest BCUT2D eigenvalue weighted by Gasteiger charge is 2.33. The maximum absolute atomic E-state index is 12.3. The van der Waals surface area contributed by atoms with Gasteiger partial charge in [-0.2, -0.15) is 0 Å². The van der Waals surface area contributed by atoms with Gasteiger partial charge >= 0.3 is 24.4 Å². The molecule has 12 nitrogen and oxygen atoms in total. The molecule has 0 saturated carbocycles. The molecule has 0 radical (unpaired) electrons. The van der Waals surface area contributed by atoms with Crippen LogP contribution in [-0.4, -0.2) is 61.5 Å². The lowest BCUT2D eigenvalue weighted by Gasteiger charge is -2.28. The number of aliphatic carboxylic acids is 1. The predicted molar refractivity (Wildman–Crippen MR) is 135 cm³/mol. The van der Waals surface area contributed by atoms with Crippen molar-refractivity contribution in [3.05, 3.63) is 23.8 Å². The van der Waals surface area contributed by atoms with E-state index in [9.17, 15) is 24.3 Å². The molecule has 1 rings (SSSR count). The van der Waals surface area contributed by atoms with Crippen LogP contribution in [0.1, 0.15) is 59.9 Å². The van der Waals surface area contributed by atoms with Gasteiger partial charge in [0.05, 0.1) is 25.9 Å². The summed E-state index contributed by atoms with van der Waals surface area (Å²) in [6.45, 7) is 12.3. The van der Waals surface area contributed by atoms with E-state index in [2.05, 4.69) is 0 Å². The number of carbonyl (C=O) groups excluding carboxylic acids is 3. The summed E-state index contributed by atoms with van der Waals surface area (Å²) >= 11 is 0. The Morgan fingerprint density at radius 1 is 0.763 bits per heavy atom. The zero-order chi connectivity index (χ0) is 29.0. The van der Waals surface area contributed by atoms with Crippen LogP contribution >= 0.6 is 0 Å². The Morgan fingerprint density at radius 3 is 1.74 bits per heavy atom. The summed E-state index contributed by atoms with van der Waals surface area (Å²) in [5, 5.41) is 9.62. The molecule has 1 aromatic carbocycles. The number of rotatable bonds is 13. The van der Waals surface area contributed by atoms with Crippen LogP contribution in [0.2, 0.25) is 0 Å². The van der Waals surface area contributed by atoms with Crippen LogP contribution in [0.25, 0.3) is 0 Å². The minimum absolute atomic E-state index is 0.0387. The van der Waals surface area contributed by atoms with Crippen molar-refractivity contribution < 1.29 is 52.7 Å². The molecule has 12 heteroatoms. The topological polar surface area (TPSA) is 170 Å². The zero-order valence-corrected chi connectivity index (χ0v) is 22.9. The Bertz CT molecular complexity index is 945. The quantitative estimate of drug-likeness (QED) is 0.200. The number of hydrogen-bond donors (Lipinski definition) is 2. The maximum atomic E-state index is 12.3. The molecule has 0 spiro atoms. The van der Waals surface area contributed by atoms with Crippen molar-refractivity contribution in [2.75, 3.05) is 19.8 Å².